The van der Waals surface area contributed by atoms with E-state index in [1.54, 1.807) is 0 Å². The Bertz CT molecular complexity index is 556. The first-order chi connectivity index (χ1) is 9.25. The van der Waals surface area contributed by atoms with Crippen LogP contribution in [0.5, 0.6) is 0 Å². The number of hydrogen-bond donors (Lipinski definition) is 0. The van der Waals surface area contributed by atoms with Gasteiger partial charge in [0.15, 0.2) is 0 Å². The van der Waals surface area contributed by atoms with E-state index in [2.05, 4.69) is 86.7 Å². The Hall–Kier alpha value is -2.08. The Morgan fingerprint density at radius 1 is 0.842 bits per heavy atom. The Kier molecular flexibility index (Phi) is 4.74. The predicted octanol–water partition coefficient (Wildman–Crippen LogP) is 5.58. The molecule has 2 aromatic carbocycles. The molecule has 0 aliphatic carbocycles. The molecule has 0 heterocycles. The second-order valence-corrected chi connectivity index (χ2v) is 4.93. The van der Waals surface area contributed by atoms with Crippen LogP contribution >= 0.6 is 0 Å². The van der Waals surface area contributed by atoms with Crippen molar-refractivity contribution in [2.45, 2.75) is 20.3 Å². The Balaban J connectivity index is 2.35. The predicted molar refractivity (Wildman–Crippen MR) is 84.8 cm³/mol. The summed E-state index contributed by atoms with van der Waals surface area (Å²) in [6.45, 7) is 4.29. The lowest BCUT2D eigenvalue weighted by atomic mass is 9.99. The Morgan fingerprint density at radius 3 is 2.00 bits per heavy atom. The summed E-state index contributed by atoms with van der Waals surface area (Å²) in [5.41, 5.74) is 5.26. The van der Waals surface area contributed by atoms with E-state index >= 15 is 0 Å². The normalized spacial score (nSPS) is 11.2. The van der Waals surface area contributed by atoms with Crippen LogP contribution in [0.25, 0.3) is 11.6 Å². The van der Waals surface area contributed by atoms with Crippen LogP contribution in [0.15, 0.2) is 72.3 Å². The molecule has 2 aromatic rings. The second-order valence-electron chi connectivity index (χ2n) is 4.93. The third kappa shape index (κ3) is 4.26. The highest BCUT2D eigenvalue weighted by atomic mass is 14.0. The summed E-state index contributed by atoms with van der Waals surface area (Å²) in [5, 5.41) is 0. The van der Waals surface area contributed by atoms with Crippen molar-refractivity contribution in [2.75, 3.05) is 0 Å². The van der Waals surface area contributed by atoms with Crippen LogP contribution < -0.4 is 0 Å². The Morgan fingerprint density at radius 2 is 1.42 bits per heavy atom. The van der Waals surface area contributed by atoms with Crippen molar-refractivity contribution >= 4 is 11.6 Å². The van der Waals surface area contributed by atoms with E-state index in [-0.39, 0.29) is 0 Å². The van der Waals surface area contributed by atoms with Gasteiger partial charge in [0, 0.05) is 0 Å². The summed E-state index contributed by atoms with van der Waals surface area (Å²) in [5.74, 6) is 0. The molecule has 2 rings (SSSR count). The van der Waals surface area contributed by atoms with Crippen LogP contribution in [0.3, 0.4) is 0 Å². The van der Waals surface area contributed by atoms with Crippen molar-refractivity contribution in [1.82, 2.24) is 0 Å². The minimum atomic E-state index is 0.973. The molecule has 0 bridgehead atoms. The zero-order valence-electron chi connectivity index (χ0n) is 11.6. The molecule has 0 amide bonds. The Labute approximate surface area is 116 Å². The van der Waals surface area contributed by atoms with Crippen molar-refractivity contribution in [2.24, 2.45) is 0 Å². The summed E-state index contributed by atoms with van der Waals surface area (Å²) in [4.78, 5) is 0. The van der Waals surface area contributed by atoms with Gasteiger partial charge >= 0.3 is 0 Å². The van der Waals surface area contributed by atoms with Crippen molar-refractivity contribution in [1.29, 1.82) is 0 Å². The lowest BCUT2D eigenvalue weighted by molar-refractivity contribution is 1.29. The quantitative estimate of drug-likeness (QED) is 0.489. The van der Waals surface area contributed by atoms with Crippen LogP contribution in [-0.4, -0.2) is 0 Å². The fraction of sp³-hybridized carbons (Fsp3) is 0.158. The van der Waals surface area contributed by atoms with Gasteiger partial charge in [-0.2, -0.15) is 0 Å². The maximum absolute atomic E-state index is 2.28. The number of rotatable bonds is 4. The van der Waals surface area contributed by atoms with E-state index in [4.69, 9.17) is 0 Å². The molecule has 0 fully saturated rings. The van der Waals surface area contributed by atoms with E-state index in [1.165, 1.54) is 22.3 Å². The number of allylic oxidation sites excluding steroid dienone is 3. The van der Waals surface area contributed by atoms with Gasteiger partial charge in [-0.3, -0.25) is 0 Å². The third-order valence-corrected chi connectivity index (χ3v) is 3.02. The molecule has 0 N–H and O–H groups in total. The lowest BCUT2D eigenvalue weighted by Gasteiger charge is -2.06. The van der Waals surface area contributed by atoms with Gasteiger partial charge < -0.3 is 0 Å². The van der Waals surface area contributed by atoms with Crippen molar-refractivity contribution < 1.29 is 0 Å². The average Bonchev–Trinajstić information content (AvgIpc) is 2.45. The monoisotopic (exact) mass is 248 g/mol. The van der Waals surface area contributed by atoms with E-state index in [1.807, 2.05) is 0 Å². The first kappa shape index (κ1) is 13.4. The van der Waals surface area contributed by atoms with Crippen LogP contribution in [-0.2, 0) is 0 Å². The molecule has 0 atom stereocenters. The average molecular weight is 248 g/mol. The number of hydrogen-bond acceptors (Lipinski definition) is 0. The van der Waals surface area contributed by atoms with E-state index in [0.29, 0.717) is 0 Å². The van der Waals surface area contributed by atoms with Crippen LogP contribution in [0.2, 0.25) is 0 Å². The molecule has 0 radical (unpaired) electrons. The third-order valence-electron chi connectivity index (χ3n) is 3.02. The molecule has 19 heavy (non-hydrogen) atoms. The van der Waals surface area contributed by atoms with E-state index in [9.17, 15) is 0 Å². The summed E-state index contributed by atoms with van der Waals surface area (Å²) >= 11 is 0. The van der Waals surface area contributed by atoms with Crippen molar-refractivity contribution in [3.05, 3.63) is 83.4 Å². The molecule has 96 valence electrons. The van der Waals surface area contributed by atoms with E-state index < -0.39 is 0 Å². The van der Waals surface area contributed by atoms with Crippen LogP contribution in [0, 0.1) is 0 Å². The van der Waals surface area contributed by atoms with Gasteiger partial charge in [0.1, 0.15) is 0 Å². The largest absolute Gasteiger partial charge is 0.0815 e. The molecule has 0 heteroatoms. The summed E-state index contributed by atoms with van der Waals surface area (Å²) in [7, 11) is 0. The molecule has 0 aliphatic heterocycles. The zero-order chi connectivity index (χ0) is 13.5. The summed E-state index contributed by atoms with van der Waals surface area (Å²) in [6, 6.07) is 21.1. The highest BCUT2D eigenvalue weighted by molar-refractivity contribution is 5.82. The van der Waals surface area contributed by atoms with Crippen molar-refractivity contribution in [3.63, 3.8) is 0 Å². The van der Waals surface area contributed by atoms with Gasteiger partial charge in [-0.1, -0.05) is 78.4 Å². The summed E-state index contributed by atoms with van der Waals surface area (Å²) in [6.07, 6.45) is 5.53. The maximum Gasteiger partial charge on any atom is -0.00888 e. The first-order valence-electron chi connectivity index (χ1n) is 6.70. The van der Waals surface area contributed by atoms with Gasteiger partial charge in [0.2, 0.25) is 0 Å². The smallest absolute Gasteiger partial charge is 0.00888 e. The molecule has 0 aliphatic rings. The minimum absolute atomic E-state index is 0.973. The molecule has 0 unspecified atom stereocenters. The minimum Gasteiger partial charge on any atom is -0.0815 e. The highest BCUT2D eigenvalue weighted by Gasteiger charge is 2.00. The molecule has 0 spiro atoms. The zero-order valence-corrected chi connectivity index (χ0v) is 11.6. The van der Waals surface area contributed by atoms with Crippen LogP contribution in [0.1, 0.15) is 31.4 Å². The van der Waals surface area contributed by atoms with Gasteiger partial charge in [-0.15, -0.1) is 0 Å². The fourth-order valence-corrected chi connectivity index (χ4v) is 1.98. The van der Waals surface area contributed by atoms with Gasteiger partial charge in [0.25, 0.3) is 0 Å². The molecule has 0 nitrogen and oxygen atoms in total. The molecular weight excluding hydrogens is 228 g/mol. The molecular formula is C19H20. The van der Waals surface area contributed by atoms with Crippen LogP contribution in [0.4, 0.5) is 0 Å². The molecule has 0 saturated heterocycles. The SMILES string of the molecule is CC(C)=CCC(=Cc1ccccc1)c1ccccc1. The lowest BCUT2D eigenvalue weighted by Crippen LogP contribution is -1.84. The topological polar surface area (TPSA) is 0 Å². The molecule has 0 saturated carbocycles. The van der Waals surface area contributed by atoms with E-state index in [0.717, 1.165) is 6.42 Å². The van der Waals surface area contributed by atoms with Crippen molar-refractivity contribution in [3.8, 4) is 0 Å². The highest BCUT2D eigenvalue weighted by Crippen LogP contribution is 2.22. The second kappa shape index (κ2) is 6.75. The van der Waals surface area contributed by atoms with Gasteiger partial charge in [0.05, 0.1) is 0 Å². The maximum atomic E-state index is 2.28. The number of benzene rings is 2. The van der Waals surface area contributed by atoms with Gasteiger partial charge in [-0.05, 0) is 37.0 Å². The molecule has 0 aromatic heterocycles. The standard InChI is InChI=1S/C19H20/c1-16(2)13-14-19(18-11-7-4-8-12-18)15-17-9-5-3-6-10-17/h3-13,15H,14H2,1-2H3. The van der Waals surface area contributed by atoms with Gasteiger partial charge in [-0.25, -0.2) is 0 Å². The fourth-order valence-electron chi connectivity index (χ4n) is 1.98. The first-order valence-corrected chi connectivity index (χ1v) is 6.70. The summed E-state index contributed by atoms with van der Waals surface area (Å²) < 4.78 is 0.